The third kappa shape index (κ3) is 3.94. The second-order valence-corrected chi connectivity index (χ2v) is 6.08. The summed E-state index contributed by atoms with van der Waals surface area (Å²) >= 11 is 0. The van der Waals surface area contributed by atoms with E-state index in [4.69, 9.17) is 4.74 Å². The summed E-state index contributed by atoms with van der Waals surface area (Å²) < 4.78 is 7.76. The summed E-state index contributed by atoms with van der Waals surface area (Å²) in [7, 11) is 4.17. The number of hydrogen-bond acceptors (Lipinski definition) is 4. The first-order chi connectivity index (χ1) is 10.7. The van der Waals surface area contributed by atoms with Gasteiger partial charge >= 0.3 is 0 Å². The van der Waals surface area contributed by atoms with Gasteiger partial charge in [0, 0.05) is 32.4 Å². The molecule has 0 amide bonds. The van der Waals surface area contributed by atoms with E-state index in [-0.39, 0.29) is 0 Å². The molecule has 1 aliphatic rings. The van der Waals surface area contributed by atoms with Gasteiger partial charge in [-0.3, -0.25) is 4.90 Å². The highest BCUT2D eigenvalue weighted by Crippen LogP contribution is 2.12. The lowest BCUT2D eigenvalue weighted by atomic mass is 10.2. The predicted octanol–water partition coefficient (Wildman–Crippen LogP) is 1.63. The van der Waals surface area contributed by atoms with Crippen LogP contribution in [0.4, 0.5) is 0 Å². The summed E-state index contributed by atoms with van der Waals surface area (Å²) in [6, 6.07) is 12.3. The van der Waals surface area contributed by atoms with Crippen LogP contribution in [-0.4, -0.2) is 66.0 Å². The molecule has 0 saturated carbocycles. The highest BCUT2D eigenvalue weighted by Gasteiger charge is 2.21. The van der Waals surface area contributed by atoms with Crippen molar-refractivity contribution >= 4 is 0 Å². The standard InChI is InChI=1S/C17H24N4O/c1-19(2)13-17-14-20(10-11-22-17)12-15-8-9-21(18-15)16-6-4-3-5-7-16/h3-9,17H,10-14H2,1-2H3/t17-/m0/s1. The third-order valence-electron chi connectivity index (χ3n) is 3.84. The van der Waals surface area contributed by atoms with Crippen molar-refractivity contribution in [2.45, 2.75) is 12.6 Å². The van der Waals surface area contributed by atoms with E-state index >= 15 is 0 Å². The van der Waals surface area contributed by atoms with Crippen LogP contribution < -0.4 is 0 Å². The molecule has 1 aromatic heterocycles. The van der Waals surface area contributed by atoms with Crippen molar-refractivity contribution in [3.63, 3.8) is 0 Å². The number of likely N-dealkylation sites (N-methyl/N-ethyl adjacent to an activating group) is 1. The van der Waals surface area contributed by atoms with Crippen LogP contribution >= 0.6 is 0 Å². The Morgan fingerprint density at radius 3 is 2.82 bits per heavy atom. The fourth-order valence-corrected chi connectivity index (χ4v) is 2.84. The van der Waals surface area contributed by atoms with Gasteiger partial charge in [0.05, 0.1) is 24.1 Å². The van der Waals surface area contributed by atoms with Crippen LogP contribution in [0.1, 0.15) is 5.69 Å². The maximum absolute atomic E-state index is 5.82. The minimum absolute atomic E-state index is 0.292. The molecule has 0 aliphatic carbocycles. The number of morpholine rings is 1. The minimum atomic E-state index is 0.292. The third-order valence-corrected chi connectivity index (χ3v) is 3.84. The molecule has 3 rings (SSSR count). The Kier molecular flexibility index (Phi) is 4.87. The smallest absolute Gasteiger partial charge is 0.0829 e. The maximum Gasteiger partial charge on any atom is 0.0829 e. The lowest BCUT2D eigenvalue weighted by molar-refractivity contribution is -0.0410. The quantitative estimate of drug-likeness (QED) is 0.840. The Morgan fingerprint density at radius 1 is 1.23 bits per heavy atom. The number of hydrogen-bond donors (Lipinski definition) is 0. The zero-order chi connectivity index (χ0) is 15.4. The van der Waals surface area contributed by atoms with Crippen molar-refractivity contribution in [3.8, 4) is 5.69 Å². The zero-order valence-electron chi connectivity index (χ0n) is 13.4. The van der Waals surface area contributed by atoms with E-state index in [1.165, 1.54) is 0 Å². The molecule has 1 atom stereocenters. The van der Waals surface area contributed by atoms with Gasteiger partial charge in [0.25, 0.3) is 0 Å². The van der Waals surface area contributed by atoms with Gasteiger partial charge in [-0.25, -0.2) is 4.68 Å². The van der Waals surface area contributed by atoms with Crippen LogP contribution in [0.25, 0.3) is 5.69 Å². The molecule has 1 aromatic carbocycles. The van der Waals surface area contributed by atoms with Crippen molar-refractivity contribution in [3.05, 3.63) is 48.3 Å². The van der Waals surface area contributed by atoms with E-state index in [1.54, 1.807) is 0 Å². The average molecular weight is 300 g/mol. The van der Waals surface area contributed by atoms with Crippen molar-refractivity contribution in [1.82, 2.24) is 19.6 Å². The fraction of sp³-hybridized carbons (Fsp3) is 0.471. The van der Waals surface area contributed by atoms with Gasteiger partial charge in [0.2, 0.25) is 0 Å². The number of nitrogens with zero attached hydrogens (tertiary/aromatic N) is 4. The van der Waals surface area contributed by atoms with E-state index in [2.05, 4.69) is 47.2 Å². The Bertz CT molecular complexity index is 581. The molecule has 1 fully saturated rings. The Hall–Kier alpha value is -1.69. The molecule has 22 heavy (non-hydrogen) atoms. The molecule has 0 spiro atoms. The van der Waals surface area contributed by atoms with E-state index in [9.17, 15) is 0 Å². The lowest BCUT2D eigenvalue weighted by Gasteiger charge is -2.33. The van der Waals surface area contributed by atoms with Crippen LogP contribution in [0.2, 0.25) is 0 Å². The van der Waals surface area contributed by atoms with Crippen LogP contribution in [0.3, 0.4) is 0 Å². The molecule has 1 saturated heterocycles. The van der Waals surface area contributed by atoms with Crippen molar-refractivity contribution in [2.24, 2.45) is 0 Å². The van der Waals surface area contributed by atoms with Gasteiger partial charge in [-0.1, -0.05) is 18.2 Å². The van der Waals surface area contributed by atoms with Crippen LogP contribution in [0.15, 0.2) is 42.6 Å². The fourth-order valence-electron chi connectivity index (χ4n) is 2.84. The first kappa shape index (κ1) is 15.2. The van der Waals surface area contributed by atoms with Crippen LogP contribution in [0, 0.1) is 0 Å². The second kappa shape index (κ2) is 7.05. The molecule has 0 bridgehead atoms. The van der Waals surface area contributed by atoms with Crippen molar-refractivity contribution in [1.29, 1.82) is 0 Å². The zero-order valence-corrected chi connectivity index (χ0v) is 13.4. The van der Waals surface area contributed by atoms with Gasteiger partial charge in [-0.05, 0) is 32.3 Å². The van der Waals surface area contributed by atoms with Gasteiger partial charge in [0.15, 0.2) is 0 Å². The minimum Gasteiger partial charge on any atom is -0.374 e. The number of ether oxygens (including phenoxy) is 1. The van der Waals surface area contributed by atoms with E-state index in [1.807, 2.05) is 29.1 Å². The molecule has 2 aromatic rings. The summed E-state index contributed by atoms with van der Waals surface area (Å²) in [5.41, 5.74) is 2.20. The van der Waals surface area contributed by atoms with Crippen molar-refractivity contribution < 1.29 is 4.74 Å². The maximum atomic E-state index is 5.82. The molecular formula is C17H24N4O. The summed E-state index contributed by atoms with van der Waals surface area (Å²) in [6.45, 7) is 4.60. The molecule has 0 radical (unpaired) electrons. The highest BCUT2D eigenvalue weighted by atomic mass is 16.5. The van der Waals surface area contributed by atoms with Crippen LogP contribution in [0.5, 0.6) is 0 Å². The molecule has 5 heteroatoms. The molecule has 2 heterocycles. The van der Waals surface area contributed by atoms with Crippen molar-refractivity contribution in [2.75, 3.05) is 40.3 Å². The monoisotopic (exact) mass is 300 g/mol. The number of aromatic nitrogens is 2. The summed E-state index contributed by atoms with van der Waals surface area (Å²) in [6.07, 6.45) is 2.32. The summed E-state index contributed by atoms with van der Waals surface area (Å²) in [5, 5.41) is 4.68. The second-order valence-electron chi connectivity index (χ2n) is 6.08. The Labute approximate surface area is 132 Å². The molecule has 0 N–H and O–H groups in total. The Morgan fingerprint density at radius 2 is 2.05 bits per heavy atom. The van der Waals surface area contributed by atoms with Gasteiger partial charge in [-0.15, -0.1) is 0 Å². The number of rotatable bonds is 5. The van der Waals surface area contributed by atoms with E-state index in [0.717, 1.165) is 44.2 Å². The summed E-state index contributed by atoms with van der Waals surface area (Å²) in [5.74, 6) is 0. The normalized spacial score (nSPS) is 19.7. The van der Waals surface area contributed by atoms with Gasteiger partial charge < -0.3 is 9.64 Å². The SMILES string of the molecule is CN(C)C[C@H]1CN(Cc2ccn(-c3ccccc3)n2)CCO1. The van der Waals surface area contributed by atoms with Crippen LogP contribution in [-0.2, 0) is 11.3 Å². The predicted molar refractivity (Wildman–Crippen MR) is 87.1 cm³/mol. The molecule has 1 aliphatic heterocycles. The largest absolute Gasteiger partial charge is 0.374 e. The molecule has 118 valence electrons. The van der Waals surface area contributed by atoms with E-state index in [0.29, 0.717) is 6.10 Å². The van der Waals surface area contributed by atoms with Gasteiger partial charge in [-0.2, -0.15) is 5.10 Å². The number of benzene rings is 1. The summed E-state index contributed by atoms with van der Waals surface area (Å²) in [4.78, 5) is 4.60. The highest BCUT2D eigenvalue weighted by molar-refractivity contribution is 5.30. The Balaban J connectivity index is 1.60. The van der Waals surface area contributed by atoms with E-state index < -0.39 is 0 Å². The topological polar surface area (TPSA) is 33.5 Å². The molecular weight excluding hydrogens is 276 g/mol. The average Bonchev–Trinajstić information content (AvgIpc) is 2.96. The van der Waals surface area contributed by atoms with Gasteiger partial charge in [0.1, 0.15) is 0 Å². The first-order valence-corrected chi connectivity index (χ1v) is 7.79. The number of para-hydroxylation sites is 1. The lowest BCUT2D eigenvalue weighted by Crippen LogP contribution is -2.46. The molecule has 0 unspecified atom stereocenters. The first-order valence-electron chi connectivity index (χ1n) is 7.79. The molecule has 5 nitrogen and oxygen atoms in total.